The van der Waals surface area contributed by atoms with Crippen molar-refractivity contribution in [3.8, 4) is 0 Å². The van der Waals surface area contributed by atoms with Crippen molar-refractivity contribution < 1.29 is 14.4 Å². The maximum Gasteiger partial charge on any atom is 0.253 e. The van der Waals surface area contributed by atoms with E-state index in [0.29, 0.717) is 37.1 Å². The predicted octanol–water partition coefficient (Wildman–Crippen LogP) is 3.56. The summed E-state index contributed by atoms with van der Waals surface area (Å²) in [5.41, 5.74) is 2.12. The number of amides is 3. The molecule has 1 heterocycles. The number of nitrogens with one attached hydrogen (secondary N) is 2. The van der Waals surface area contributed by atoms with E-state index in [1.165, 1.54) is 0 Å². The number of rotatable bonds is 7. The van der Waals surface area contributed by atoms with E-state index in [2.05, 4.69) is 10.6 Å². The monoisotopic (exact) mass is 435 g/mol. The number of carbonyl (C=O) groups excluding carboxylic acids is 3. The number of hydrogen-bond acceptors (Lipinski definition) is 3. The number of aryl methyl sites for hydroxylation is 1. The first-order valence-electron chi connectivity index (χ1n) is 11.4. The van der Waals surface area contributed by atoms with Crippen LogP contribution in [0.3, 0.4) is 0 Å². The van der Waals surface area contributed by atoms with E-state index in [1.54, 1.807) is 6.07 Å². The van der Waals surface area contributed by atoms with E-state index in [4.69, 9.17) is 0 Å². The van der Waals surface area contributed by atoms with Gasteiger partial charge in [-0.2, -0.15) is 0 Å². The normalized spacial score (nSPS) is 16.2. The summed E-state index contributed by atoms with van der Waals surface area (Å²) in [5.74, 6) is -0.426. The summed E-state index contributed by atoms with van der Waals surface area (Å²) in [7, 11) is 0. The van der Waals surface area contributed by atoms with Gasteiger partial charge in [0.05, 0.1) is 0 Å². The molecule has 32 heavy (non-hydrogen) atoms. The molecule has 0 spiro atoms. The molecule has 0 unspecified atom stereocenters. The average Bonchev–Trinajstić information content (AvgIpc) is 2.82. The molecule has 170 valence electrons. The first kappa shape index (κ1) is 23.5. The predicted molar refractivity (Wildman–Crippen MR) is 125 cm³/mol. The van der Waals surface area contributed by atoms with Crippen LogP contribution in [0.5, 0.6) is 0 Å². The van der Waals surface area contributed by atoms with Crippen LogP contribution in [0.15, 0.2) is 54.6 Å². The molecule has 2 N–H and O–H groups in total. The topological polar surface area (TPSA) is 78.5 Å². The molecular weight excluding hydrogens is 402 g/mol. The number of hydrogen-bond donors (Lipinski definition) is 2. The Morgan fingerprint density at radius 2 is 1.59 bits per heavy atom. The smallest absolute Gasteiger partial charge is 0.253 e. The second kappa shape index (κ2) is 10.9. The van der Waals surface area contributed by atoms with Gasteiger partial charge in [0.15, 0.2) is 0 Å². The minimum atomic E-state index is -0.634. The van der Waals surface area contributed by atoms with Crippen molar-refractivity contribution >= 4 is 17.7 Å². The van der Waals surface area contributed by atoms with Crippen molar-refractivity contribution in [3.05, 3.63) is 71.3 Å². The van der Waals surface area contributed by atoms with Gasteiger partial charge in [-0.25, -0.2) is 0 Å². The lowest BCUT2D eigenvalue weighted by Crippen LogP contribution is -2.55. The van der Waals surface area contributed by atoms with Gasteiger partial charge in [-0.3, -0.25) is 14.4 Å². The number of piperidine rings is 1. The van der Waals surface area contributed by atoms with Crippen molar-refractivity contribution in [2.75, 3.05) is 13.1 Å². The van der Waals surface area contributed by atoms with Gasteiger partial charge in [0.2, 0.25) is 5.91 Å². The lowest BCUT2D eigenvalue weighted by Gasteiger charge is -2.36. The average molecular weight is 436 g/mol. The number of likely N-dealkylation sites (tertiary alicyclic amines) is 1. The number of carbonyl (C=O) groups is 3. The van der Waals surface area contributed by atoms with Crippen molar-refractivity contribution in [1.29, 1.82) is 0 Å². The standard InChI is InChI=1S/C26H33N3O3/c1-4-19(3)27-25(31)23(28-24(30)22-13-9-8-10-18(22)2)20-14-16-29(17-15-20)26(32)21-11-6-5-7-12-21/h5-13,19-20,23H,4,14-17H2,1-3H3,(H,27,31)(H,28,30)/t19-,23-/m0/s1. The Labute approximate surface area is 190 Å². The van der Waals surface area contributed by atoms with E-state index in [1.807, 2.05) is 74.2 Å². The SMILES string of the molecule is CC[C@H](C)NC(=O)[C@@H](NC(=O)c1ccccc1C)C1CCN(C(=O)c2ccccc2)CC1. The van der Waals surface area contributed by atoms with Gasteiger partial charge in [-0.1, -0.05) is 43.3 Å². The second-order valence-electron chi connectivity index (χ2n) is 8.58. The molecule has 6 nitrogen and oxygen atoms in total. The first-order chi connectivity index (χ1) is 15.4. The molecule has 6 heteroatoms. The van der Waals surface area contributed by atoms with Gasteiger partial charge in [0.1, 0.15) is 6.04 Å². The summed E-state index contributed by atoms with van der Waals surface area (Å²) in [4.78, 5) is 40.7. The lowest BCUT2D eigenvalue weighted by molar-refractivity contribution is -0.125. The molecule has 2 atom stereocenters. The van der Waals surface area contributed by atoms with Gasteiger partial charge in [0.25, 0.3) is 11.8 Å². The van der Waals surface area contributed by atoms with Crippen molar-refractivity contribution in [1.82, 2.24) is 15.5 Å². The summed E-state index contributed by atoms with van der Waals surface area (Å²) in [5, 5.41) is 6.02. The van der Waals surface area contributed by atoms with Crippen LogP contribution in [0.25, 0.3) is 0 Å². The molecule has 0 radical (unpaired) electrons. The van der Waals surface area contributed by atoms with Crippen LogP contribution < -0.4 is 10.6 Å². The van der Waals surface area contributed by atoms with Gasteiger partial charge in [0, 0.05) is 30.3 Å². The Hall–Kier alpha value is -3.15. The second-order valence-corrected chi connectivity index (χ2v) is 8.58. The molecule has 0 saturated carbocycles. The summed E-state index contributed by atoms with van der Waals surface area (Å²) in [6.45, 7) is 6.98. The van der Waals surface area contributed by atoms with Crippen molar-refractivity contribution in [2.24, 2.45) is 5.92 Å². The van der Waals surface area contributed by atoms with Crippen LogP contribution in [0.2, 0.25) is 0 Å². The van der Waals surface area contributed by atoms with Crippen LogP contribution in [0.4, 0.5) is 0 Å². The van der Waals surface area contributed by atoms with E-state index < -0.39 is 6.04 Å². The summed E-state index contributed by atoms with van der Waals surface area (Å²) >= 11 is 0. The van der Waals surface area contributed by atoms with Gasteiger partial charge in [-0.05, 0) is 62.8 Å². The molecule has 3 rings (SSSR count). The zero-order valence-electron chi connectivity index (χ0n) is 19.1. The Bertz CT molecular complexity index is 936. The molecule has 3 amide bonds. The summed E-state index contributed by atoms with van der Waals surface area (Å²) < 4.78 is 0. The molecule has 0 aliphatic carbocycles. The first-order valence-corrected chi connectivity index (χ1v) is 11.4. The number of benzene rings is 2. The zero-order chi connectivity index (χ0) is 23.1. The lowest BCUT2D eigenvalue weighted by atomic mass is 9.88. The van der Waals surface area contributed by atoms with E-state index in [-0.39, 0.29) is 29.7 Å². The maximum atomic E-state index is 13.1. The van der Waals surface area contributed by atoms with Gasteiger partial charge >= 0.3 is 0 Å². The summed E-state index contributed by atoms with van der Waals surface area (Å²) in [6, 6.07) is 16.0. The quantitative estimate of drug-likeness (QED) is 0.698. The van der Waals surface area contributed by atoms with Gasteiger partial charge in [-0.15, -0.1) is 0 Å². The molecule has 1 saturated heterocycles. The fraction of sp³-hybridized carbons (Fsp3) is 0.423. The Balaban J connectivity index is 1.71. The van der Waals surface area contributed by atoms with E-state index >= 15 is 0 Å². The zero-order valence-corrected chi connectivity index (χ0v) is 19.1. The largest absolute Gasteiger partial charge is 0.352 e. The fourth-order valence-electron chi connectivity index (χ4n) is 4.08. The van der Waals surface area contributed by atoms with Crippen LogP contribution in [-0.4, -0.2) is 47.8 Å². The van der Waals surface area contributed by atoms with Crippen LogP contribution in [-0.2, 0) is 4.79 Å². The van der Waals surface area contributed by atoms with Gasteiger partial charge < -0.3 is 15.5 Å². The Kier molecular flexibility index (Phi) is 8.03. The molecular formula is C26H33N3O3. The maximum absolute atomic E-state index is 13.1. The third-order valence-electron chi connectivity index (χ3n) is 6.28. The Morgan fingerprint density at radius 3 is 2.22 bits per heavy atom. The highest BCUT2D eigenvalue weighted by Gasteiger charge is 2.34. The van der Waals surface area contributed by atoms with E-state index in [0.717, 1.165) is 12.0 Å². The molecule has 1 fully saturated rings. The third-order valence-corrected chi connectivity index (χ3v) is 6.28. The van der Waals surface area contributed by atoms with Crippen LogP contribution in [0, 0.1) is 12.8 Å². The highest BCUT2D eigenvalue weighted by atomic mass is 16.2. The Morgan fingerprint density at radius 1 is 0.969 bits per heavy atom. The highest BCUT2D eigenvalue weighted by molar-refractivity contribution is 5.98. The fourth-order valence-corrected chi connectivity index (χ4v) is 4.08. The van der Waals surface area contributed by atoms with Crippen molar-refractivity contribution in [3.63, 3.8) is 0 Å². The summed E-state index contributed by atoms with van der Waals surface area (Å²) in [6.07, 6.45) is 2.13. The molecule has 1 aliphatic rings. The minimum Gasteiger partial charge on any atom is -0.352 e. The van der Waals surface area contributed by atoms with Crippen LogP contribution >= 0.6 is 0 Å². The molecule has 1 aliphatic heterocycles. The third kappa shape index (κ3) is 5.75. The molecule has 2 aromatic rings. The highest BCUT2D eigenvalue weighted by Crippen LogP contribution is 2.23. The molecule has 2 aromatic carbocycles. The van der Waals surface area contributed by atoms with E-state index in [9.17, 15) is 14.4 Å². The molecule has 0 aromatic heterocycles. The molecule has 0 bridgehead atoms. The van der Waals surface area contributed by atoms with Crippen LogP contribution in [0.1, 0.15) is 59.4 Å². The van der Waals surface area contributed by atoms with Crippen molar-refractivity contribution in [2.45, 2.75) is 52.1 Å². The minimum absolute atomic E-state index is 0.00797. The number of nitrogens with zero attached hydrogens (tertiary/aromatic N) is 1.